The van der Waals surface area contributed by atoms with Gasteiger partial charge in [0.05, 0.1) is 5.69 Å². The van der Waals surface area contributed by atoms with Crippen molar-refractivity contribution >= 4 is 44.9 Å². The molecular weight excluding hydrogens is 905 g/mol. The highest BCUT2D eigenvalue weighted by Gasteiger charge is 2.36. The van der Waals surface area contributed by atoms with Crippen molar-refractivity contribution in [2.24, 2.45) is 0 Å². The van der Waals surface area contributed by atoms with Crippen LogP contribution in [0.2, 0.25) is 0 Å². The average molecular weight is 959 g/mol. The summed E-state index contributed by atoms with van der Waals surface area (Å²) in [5.74, 6) is 0. The van der Waals surface area contributed by atoms with Gasteiger partial charge in [0.1, 0.15) is 0 Å². The van der Waals surface area contributed by atoms with Gasteiger partial charge in [-0.05, 0) is 168 Å². The number of hydrogen-bond donors (Lipinski definition) is 0. The largest absolute Gasteiger partial charge is 0.311 e. The second-order valence-electron chi connectivity index (χ2n) is 20.1. The zero-order valence-corrected chi connectivity index (χ0v) is 42.1. The molecule has 0 saturated heterocycles. The minimum atomic E-state index is -0.160. The summed E-state index contributed by atoms with van der Waals surface area (Å²) in [6, 6.07) is 106. The molecule has 1 aliphatic rings. The van der Waals surface area contributed by atoms with Crippen molar-refractivity contribution in [3.05, 3.63) is 302 Å². The smallest absolute Gasteiger partial charge is 0.0546 e. The molecular formula is C73H54N2. The van der Waals surface area contributed by atoms with Crippen LogP contribution in [0.4, 0.5) is 34.1 Å². The summed E-state index contributed by atoms with van der Waals surface area (Å²) >= 11 is 0. The topological polar surface area (TPSA) is 6.48 Å². The van der Waals surface area contributed by atoms with Crippen molar-refractivity contribution in [1.29, 1.82) is 0 Å². The van der Waals surface area contributed by atoms with E-state index in [9.17, 15) is 0 Å². The predicted octanol–water partition coefficient (Wildman–Crippen LogP) is 20.4. The maximum atomic E-state index is 2.48. The Kier molecular flexibility index (Phi) is 11.6. The molecule has 12 aromatic carbocycles. The molecule has 2 heteroatoms. The molecule has 75 heavy (non-hydrogen) atoms. The third kappa shape index (κ3) is 8.37. The molecule has 0 aliphatic heterocycles. The van der Waals surface area contributed by atoms with Gasteiger partial charge in [0, 0.05) is 39.4 Å². The fourth-order valence-corrected chi connectivity index (χ4v) is 11.5. The first-order chi connectivity index (χ1) is 37.0. The van der Waals surface area contributed by atoms with Crippen molar-refractivity contribution in [3.8, 4) is 66.8 Å². The van der Waals surface area contributed by atoms with Crippen LogP contribution in [0.5, 0.6) is 0 Å². The van der Waals surface area contributed by atoms with Crippen molar-refractivity contribution in [3.63, 3.8) is 0 Å². The van der Waals surface area contributed by atoms with E-state index in [1.807, 2.05) is 0 Å². The number of benzene rings is 12. The van der Waals surface area contributed by atoms with Gasteiger partial charge < -0.3 is 9.80 Å². The minimum absolute atomic E-state index is 0.160. The Bertz CT molecular complexity index is 3940. The summed E-state index contributed by atoms with van der Waals surface area (Å²) in [7, 11) is 0. The lowest BCUT2D eigenvalue weighted by atomic mass is 9.82. The van der Waals surface area contributed by atoms with Crippen LogP contribution in [0.3, 0.4) is 0 Å². The number of para-hydroxylation sites is 2. The normalized spacial score (nSPS) is 12.2. The number of fused-ring (bicyclic) bond motifs is 4. The Hall–Kier alpha value is -9.50. The zero-order chi connectivity index (χ0) is 50.3. The molecule has 0 aromatic heterocycles. The molecule has 0 radical (unpaired) electrons. The van der Waals surface area contributed by atoms with Crippen LogP contribution in [0.1, 0.15) is 25.0 Å². The van der Waals surface area contributed by atoms with Crippen molar-refractivity contribution in [2.45, 2.75) is 19.3 Å². The van der Waals surface area contributed by atoms with Gasteiger partial charge in [-0.2, -0.15) is 0 Å². The maximum Gasteiger partial charge on any atom is 0.0546 e. The Balaban J connectivity index is 0.974. The lowest BCUT2D eigenvalue weighted by Crippen LogP contribution is -2.17. The van der Waals surface area contributed by atoms with E-state index >= 15 is 0 Å². The van der Waals surface area contributed by atoms with E-state index in [2.05, 4.69) is 315 Å². The third-order valence-electron chi connectivity index (χ3n) is 15.2. The van der Waals surface area contributed by atoms with Gasteiger partial charge >= 0.3 is 0 Å². The first-order valence-electron chi connectivity index (χ1n) is 26.0. The van der Waals surface area contributed by atoms with Crippen molar-refractivity contribution < 1.29 is 0 Å². The second kappa shape index (κ2) is 19.2. The molecule has 0 spiro atoms. The Morgan fingerprint density at radius 3 is 1.09 bits per heavy atom. The Morgan fingerprint density at radius 1 is 0.227 bits per heavy atom. The lowest BCUT2D eigenvalue weighted by Gasteiger charge is -2.30. The Labute approximate surface area is 440 Å². The quantitative estimate of drug-likeness (QED) is 0.127. The number of rotatable bonds is 11. The molecule has 1 aliphatic carbocycles. The summed E-state index contributed by atoms with van der Waals surface area (Å²) in [6.45, 7) is 4.73. The number of anilines is 6. The highest BCUT2D eigenvalue weighted by Crippen LogP contribution is 2.52. The van der Waals surface area contributed by atoms with Crippen molar-refractivity contribution in [1.82, 2.24) is 0 Å². The van der Waals surface area contributed by atoms with E-state index in [1.54, 1.807) is 0 Å². The van der Waals surface area contributed by atoms with Crippen molar-refractivity contribution in [2.75, 3.05) is 9.80 Å². The molecule has 12 aromatic rings. The van der Waals surface area contributed by atoms with Gasteiger partial charge in [0.15, 0.2) is 0 Å². The molecule has 2 nitrogen and oxygen atoms in total. The summed E-state index contributed by atoms with van der Waals surface area (Å²) in [6.07, 6.45) is 0. The third-order valence-corrected chi connectivity index (χ3v) is 15.2. The zero-order valence-electron chi connectivity index (χ0n) is 42.1. The second-order valence-corrected chi connectivity index (χ2v) is 20.1. The highest BCUT2D eigenvalue weighted by atomic mass is 15.1. The average Bonchev–Trinajstić information content (AvgIpc) is 3.75. The van der Waals surface area contributed by atoms with Gasteiger partial charge in [-0.25, -0.2) is 0 Å². The molecule has 0 N–H and O–H groups in total. The van der Waals surface area contributed by atoms with E-state index in [0.717, 1.165) is 45.3 Å². The van der Waals surface area contributed by atoms with E-state index in [1.165, 1.54) is 77.5 Å². The molecule has 0 atom stereocenters. The van der Waals surface area contributed by atoms with Gasteiger partial charge in [0.2, 0.25) is 0 Å². The van der Waals surface area contributed by atoms with E-state index in [0.29, 0.717) is 0 Å². The van der Waals surface area contributed by atoms with Gasteiger partial charge in [-0.15, -0.1) is 0 Å². The lowest BCUT2D eigenvalue weighted by molar-refractivity contribution is 0.660. The van der Waals surface area contributed by atoms with E-state index in [4.69, 9.17) is 0 Å². The van der Waals surface area contributed by atoms with Gasteiger partial charge in [-0.1, -0.05) is 220 Å². The van der Waals surface area contributed by atoms with E-state index in [-0.39, 0.29) is 5.41 Å². The van der Waals surface area contributed by atoms with Crippen LogP contribution in [0.25, 0.3) is 77.5 Å². The Morgan fingerprint density at radius 2 is 0.587 bits per heavy atom. The summed E-state index contributed by atoms with van der Waals surface area (Å²) in [5.41, 5.74) is 23.5. The highest BCUT2D eigenvalue weighted by molar-refractivity contribution is 6.00. The molecule has 0 heterocycles. The first kappa shape index (κ1) is 45.4. The van der Waals surface area contributed by atoms with Gasteiger partial charge in [0.25, 0.3) is 0 Å². The van der Waals surface area contributed by atoms with Crippen LogP contribution >= 0.6 is 0 Å². The molecule has 13 rings (SSSR count). The summed E-state index contributed by atoms with van der Waals surface area (Å²) in [4.78, 5) is 4.80. The van der Waals surface area contributed by atoms with Crippen LogP contribution in [0.15, 0.2) is 291 Å². The summed E-state index contributed by atoms with van der Waals surface area (Å²) < 4.78 is 0. The SMILES string of the molecule is CC1(C)c2ccccc2-c2ccc(N(c3ccc(-c4cc(-c5ccccc5)c(-c5ccc(N(c6ccccc6)c6ccccc6)cc5)cc4-c4ccccc4)cc3)c3cc4ccccc4cc3-c3ccccc3)cc21. The predicted molar refractivity (Wildman–Crippen MR) is 318 cm³/mol. The fraction of sp³-hybridized carbons (Fsp3) is 0.0411. The standard InChI is InChI=1S/C73H54N2/c1-73(2)70-35-21-20-34-63(70)64-45-44-62(48-71(64)73)75(72-47-57-29-19-18-28-56(57)46-69(72)53-26-12-5-13-27-53)61-42-38-55(39-43-61)68-50-65(51-22-8-3-9-23-51)67(49-66(68)52-24-10-4-11-25-52)54-36-40-60(41-37-54)74(58-30-14-6-15-31-58)59-32-16-7-17-33-59/h3-50H,1-2H3. The molecule has 0 unspecified atom stereocenters. The van der Waals surface area contributed by atoms with Crippen LogP contribution in [-0.4, -0.2) is 0 Å². The number of hydrogen-bond acceptors (Lipinski definition) is 2. The molecule has 0 saturated carbocycles. The fourth-order valence-electron chi connectivity index (χ4n) is 11.5. The number of nitrogens with zero attached hydrogens (tertiary/aromatic N) is 2. The maximum absolute atomic E-state index is 2.48. The monoisotopic (exact) mass is 958 g/mol. The molecule has 356 valence electrons. The minimum Gasteiger partial charge on any atom is -0.311 e. The molecule has 0 bridgehead atoms. The van der Waals surface area contributed by atoms with Crippen LogP contribution in [0, 0.1) is 0 Å². The van der Waals surface area contributed by atoms with Crippen LogP contribution < -0.4 is 9.80 Å². The first-order valence-corrected chi connectivity index (χ1v) is 26.0. The summed E-state index contributed by atoms with van der Waals surface area (Å²) in [5, 5.41) is 2.41. The molecule has 0 fully saturated rings. The van der Waals surface area contributed by atoms with Crippen LogP contribution in [-0.2, 0) is 5.41 Å². The van der Waals surface area contributed by atoms with E-state index < -0.39 is 0 Å². The van der Waals surface area contributed by atoms with Gasteiger partial charge in [-0.3, -0.25) is 0 Å². The molecule has 0 amide bonds.